The molecule has 5 nitrogen and oxygen atoms in total. The third kappa shape index (κ3) is 5.89. The Morgan fingerprint density at radius 1 is 1.53 bits per heavy atom. The van der Waals surface area contributed by atoms with Gasteiger partial charge in [0.15, 0.2) is 0 Å². The number of rotatable bonds is 6. The van der Waals surface area contributed by atoms with E-state index in [0.29, 0.717) is 24.4 Å². The van der Waals surface area contributed by atoms with E-state index in [1.165, 1.54) is 6.20 Å². The fourth-order valence-corrected chi connectivity index (χ4v) is 1.48. The first-order valence-electron chi connectivity index (χ1n) is 5.93. The molecule has 0 radical (unpaired) electrons. The molecule has 0 saturated carbocycles. The minimum atomic E-state index is -0.189. The lowest BCUT2D eigenvalue weighted by Gasteiger charge is -2.24. The number of nitrogens with one attached hydrogen (secondary N) is 1. The second kappa shape index (κ2) is 7.96. The van der Waals surface area contributed by atoms with Crippen LogP contribution in [-0.4, -0.2) is 31.2 Å². The molecule has 0 saturated heterocycles. The summed E-state index contributed by atoms with van der Waals surface area (Å²) in [6.45, 7) is 5.42. The number of carbonyl (C=O) groups is 1. The van der Waals surface area contributed by atoms with E-state index in [1.807, 2.05) is 0 Å². The first-order valence-corrected chi connectivity index (χ1v) is 5.93. The van der Waals surface area contributed by atoms with Gasteiger partial charge in [0.25, 0.3) is 5.91 Å². The van der Waals surface area contributed by atoms with Gasteiger partial charge < -0.3 is 15.8 Å². The molecule has 0 spiro atoms. The van der Waals surface area contributed by atoms with E-state index in [9.17, 15) is 4.79 Å². The number of ether oxygens (including phenoxy) is 1. The third-order valence-electron chi connectivity index (χ3n) is 2.81. The molecule has 1 amide bonds. The van der Waals surface area contributed by atoms with E-state index >= 15 is 0 Å². The highest BCUT2D eigenvalue weighted by Crippen LogP contribution is 2.19. The molecule has 0 aliphatic carbocycles. The third-order valence-corrected chi connectivity index (χ3v) is 2.81. The molecule has 0 aliphatic rings. The molecule has 1 aromatic rings. The maximum Gasteiger partial charge on any atom is 0.254 e. The molecule has 1 rings (SSSR count). The van der Waals surface area contributed by atoms with Crippen LogP contribution in [0.25, 0.3) is 0 Å². The summed E-state index contributed by atoms with van der Waals surface area (Å²) >= 11 is 0. The first-order chi connectivity index (χ1) is 8.46. The normalized spacial score (nSPS) is 10.7. The molecule has 0 aliphatic heterocycles. The Morgan fingerprint density at radius 3 is 2.79 bits per heavy atom. The lowest BCUT2D eigenvalue weighted by atomic mass is 9.89. The molecule has 108 valence electrons. The summed E-state index contributed by atoms with van der Waals surface area (Å²) in [6, 6.07) is 1.62. The zero-order chi connectivity index (χ0) is 13.6. The van der Waals surface area contributed by atoms with Crippen LogP contribution in [0.4, 0.5) is 5.69 Å². The van der Waals surface area contributed by atoms with Crippen LogP contribution in [-0.2, 0) is 4.74 Å². The average Bonchev–Trinajstić information content (AvgIpc) is 2.34. The lowest BCUT2D eigenvalue weighted by Crippen LogP contribution is -2.35. The maximum absolute atomic E-state index is 11.9. The summed E-state index contributed by atoms with van der Waals surface area (Å²) in [7, 11) is 1.67. The highest BCUT2D eigenvalue weighted by molar-refractivity contribution is 5.98. The Hall–Kier alpha value is -1.33. The molecule has 0 aromatic carbocycles. The summed E-state index contributed by atoms with van der Waals surface area (Å²) in [5.74, 6) is -0.189. The predicted molar refractivity (Wildman–Crippen MR) is 78.5 cm³/mol. The van der Waals surface area contributed by atoms with Crippen LogP contribution < -0.4 is 11.1 Å². The molecule has 1 heterocycles. The van der Waals surface area contributed by atoms with Crippen LogP contribution in [0.2, 0.25) is 0 Å². The summed E-state index contributed by atoms with van der Waals surface area (Å²) in [5, 5.41) is 2.87. The topological polar surface area (TPSA) is 77.2 Å². The van der Waals surface area contributed by atoms with E-state index < -0.39 is 0 Å². The van der Waals surface area contributed by atoms with Gasteiger partial charge in [0.2, 0.25) is 0 Å². The number of carbonyl (C=O) groups excluding carboxylic acids is 1. The van der Waals surface area contributed by atoms with Crippen molar-refractivity contribution in [2.45, 2.75) is 20.3 Å². The van der Waals surface area contributed by atoms with Crippen molar-refractivity contribution in [3.63, 3.8) is 0 Å². The van der Waals surface area contributed by atoms with Gasteiger partial charge in [-0.3, -0.25) is 9.78 Å². The van der Waals surface area contributed by atoms with E-state index in [2.05, 4.69) is 24.1 Å². The van der Waals surface area contributed by atoms with Gasteiger partial charge in [-0.2, -0.15) is 0 Å². The van der Waals surface area contributed by atoms with Crippen LogP contribution >= 0.6 is 12.4 Å². The second-order valence-corrected chi connectivity index (χ2v) is 5.05. The number of anilines is 1. The molecular weight excluding hydrogens is 266 g/mol. The Labute approximate surface area is 120 Å². The van der Waals surface area contributed by atoms with Gasteiger partial charge in [-0.25, -0.2) is 0 Å². The molecule has 0 bridgehead atoms. The first kappa shape index (κ1) is 17.7. The van der Waals surface area contributed by atoms with Crippen molar-refractivity contribution >= 4 is 24.0 Å². The molecule has 3 N–H and O–H groups in total. The predicted octanol–water partition coefficient (Wildman–Crippen LogP) is 1.88. The average molecular weight is 288 g/mol. The number of nitrogens with zero attached hydrogens (tertiary/aromatic N) is 1. The van der Waals surface area contributed by atoms with Crippen molar-refractivity contribution in [2.24, 2.45) is 5.41 Å². The minimum absolute atomic E-state index is 0. The van der Waals surface area contributed by atoms with Gasteiger partial charge in [-0.05, 0) is 17.9 Å². The Morgan fingerprint density at radius 2 is 2.21 bits per heavy atom. The minimum Gasteiger partial charge on any atom is -0.398 e. The smallest absolute Gasteiger partial charge is 0.254 e. The number of aromatic nitrogens is 1. The Bertz CT molecular complexity index is 411. The van der Waals surface area contributed by atoms with Crippen molar-refractivity contribution in [2.75, 3.05) is 26.0 Å². The van der Waals surface area contributed by atoms with Gasteiger partial charge in [0, 0.05) is 38.3 Å². The van der Waals surface area contributed by atoms with Crippen molar-refractivity contribution in [3.05, 3.63) is 24.0 Å². The SMILES string of the molecule is COCCC(C)(C)CNC(=O)c1cnccc1N.Cl. The lowest BCUT2D eigenvalue weighted by molar-refractivity contribution is 0.0921. The Balaban J connectivity index is 0.00000324. The largest absolute Gasteiger partial charge is 0.398 e. The quantitative estimate of drug-likeness (QED) is 0.837. The van der Waals surface area contributed by atoms with Crippen LogP contribution in [0.15, 0.2) is 18.5 Å². The number of amides is 1. The van der Waals surface area contributed by atoms with Gasteiger partial charge in [-0.1, -0.05) is 13.8 Å². The zero-order valence-electron chi connectivity index (χ0n) is 11.6. The van der Waals surface area contributed by atoms with Gasteiger partial charge >= 0.3 is 0 Å². The fourth-order valence-electron chi connectivity index (χ4n) is 1.48. The van der Waals surface area contributed by atoms with Gasteiger partial charge in [-0.15, -0.1) is 12.4 Å². The second-order valence-electron chi connectivity index (χ2n) is 5.05. The van der Waals surface area contributed by atoms with E-state index in [1.54, 1.807) is 19.4 Å². The molecule has 0 unspecified atom stereocenters. The number of pyridine rings is 1. The standard InChI is InChI=1S/C13H21N3O2.ClH/c1-13(2,5-7-18-3)9-16-12(17)10-8-15-6-4-11(10)14;/h4,6,8H,5,7,9H2,1-3H3,(H2,14,15)(H,16,17);1H. The fraction of sp³-hybridized carbons (Fsp3) is 0.538. The van der Waals surface area contributed by atoms with Crippen LogP contribution in [0.5, 0.6) is 0 Å². The molecule has 19 heavy (non-hydrogen) atoms. The van der Waals surface area contributed by atoms with Crippen molar-refractivity contribution < 1.29 is 9.53 Å². The number of hydrogen-bond acceptors (Lipinski definition) is 4. The van der Waals surface area contributed by atoms with Crippen LogP contribution in [0, 0.1) is 5.41 Å². The van der Waals surface area contributed by atoms with Crippen molar-refractivity contribution in [1.82, 2.24) is 10.3 Å². The van der Waals surface area contributed by atoms with Crippen molar-refractivity contribution in [3.8, 4) is 0 Å². The Kier molecular flexibility index (Phi) is 7.41. The summed E-state index contributed by atoms with van der Waals surface area (Å²) in [5.41, 5.74) is 6.57. The summed E-state index contributed by atoms with van der Waals surface area (Å²) in [6.07, 6.45) is 3.92. The van der Waals surface area contributed by atoms with E-state index in [4.69, 9.17) is 10.5 Å². The number of methoxy groups -OCH3 is 1. The number of hydrogen-bond donors (Lipinski definition) is 2. The van der Waals surface area contributed by atoms with Gasteiger partial charge in [0.1, 0.15) is 0 Å². The molecule has 6 heteroatoms. The van der Waals surface area contributed by atoms with E-state index in [-0.39, 0.29) is 23.7 Å². The van der Waals surface area contributed by atoms with Gasteiger partial charge in [0.05, 0.1) is 5.56 Å². The zero-order valence-corrected chi connectivity index (χ0v) is 12.4. The molecule has 0 atom stereocenters. The number of halogens is 1. The summed E-state index contributed by atoms with van der Waals surface area (Å²) < 4.78 is 5.05. The van der Waals surface area contributed by atoms with Crippen LogP contribution in [0.1, 0.15) is 30.6 Å². The van der Waals surface area contributed by atoms with E-state index in [0.717, 1.165) is 6.42 Å². The van der Waals surface area contributed by atoms with Crippen molar-refractivity contribution in [1.29, 1.82) is 0 Å². The maximum atomic E-state index is 11.9. The number of nitrogen functional groups attached to an aromatic ring is 1. The molecule has 0 fully saturated rings. The number of nitrogens with two attached hydrogens (primary N) is 1. The molecular formula is C13H22ClN3O2. The summed E-state index contributed by atoms with van der Waals surface area (Å²) in [4.78, 5) is 15.8. The van der Waals surface area contributed by atoms with Crippen LogP contribution in [0.3, 0.4) is 0 Å². The monoisotopic (exact) mass is 287 g/mol. The highest BCUT2D eigenvalue weighted by Gasteiger charge is 2.19. The highest BCUT2D eigenvalue weighted by atomic mass is 35.5. The molecule has 1 aromatic heterocycles.